The van der Waals surface area contributed by atoms with E-state index in [-0.39, 0.29) is 11.6 Å². The van der Waals surface area contributed by atoms with Crippen LogP contribution in [0, 0.1) is 0 Å². The van der Waals surface area contributed by atoms with Crippen molar-refractivity contribution in [1.29, 1.82) is 0 Å². The molecule has 0 fully saturated rings. The highest BCUT2D eigenvalue weighted by molar-refractivity contribution is 8.00. The molecule has 5 aromatic rings. The van der Waals surface area contributed by atoms with Gasteiger partial charge in [0.25, 0.3) is 11.8 Å². The SMILES string of the molecule is CCOc1ccc(/C=C(/NC(=O)c2ccccc2)C(=O)Nc2cccc(SC(C(=O)Nc3nc(SCC)ns3)c3ccccc3)c2)cc1. The maximum atomic E-state index is 13.7. The number of ether oxygens (including phenoxy) is 1. The topological polar surface area (TPSA) is 122 Å². The van der Waals surface area contributed by atoms with Crippen molar-refractivity contribution in [2.75, 3.05) is 23.0 Å². The summed E-state index contributed by atoms with van der Waals surface area (Å²) in [6.45, 7) is 4.46. The van der Waals surface area contributed by atoms with Crippen molar-refractivity contribution < 1.29 is 19.1 Å². The number of hydrogen-bond donors (Lipinski definition) is 3. The van der Waals surface area contributed by atoms with Crippen LogP contribution in [0.25, 0.3) is 6.08 Å². The fourth-order valence-electron chi connectivity index (χ4n) is 4.44. The Bertz CT molecular complexity index is 1870. The van der Waals surface area contributed by atoms with E-state index < -0.39 is 17.1 Å². The molecule has 5 rings (SSSR count). The van der Waals surface area contributed by atoms with Crippen molar-refractivity contribution in [2.45, 2.75) is 29.1 Å². The number of thioether (sulfide) groups is 2. The molecule has 0 radical (unpaired) electrons. The number of anilines is 2. The van der Waals surface area contributed by atoms with E-state index in [4.69, 9.17) is 4.74 Å². The molecule has 0 bridgehead atoms. The lowest BCUT2D eigenvalue weighted by molar-refractivity contribution is -0.116. The van der Waals surface area contributed by atoms with Gasteiger partial charge in [0, 0.05) is 27.7 Å². The Kier molecular flexibility index (Phi) is 12.4. The van der Waals surface area contributed by atoms with Gasteiger partial charge in [-0.15, -0.1) is 11.8 Å². The number of nitrogens with one attached hydrogen (secondary N) is 3. The fourth-order valence-corrected chi connectivity index (χ4v) is 6.79. The van der Waals surface area contributed by atoms with Crippen molar-refractivity contribution in [2.24, 2.45) is 0 Å². The Morgan fingerprint density at radius 2 is 1.60 bits per heavy atom. The first-order chi connectivity index (χ1) is 23.4. The van der Waals surface area contributed by atoms with Crippen LogP contribution in [0.3, 0.4) is 0 Å². The van der Waals surface area contributed by atoms with E-state index in [1.54, 1.807) is 60.7 Å². The molecule has 0 saturated carbocycles. The highest BCUT2D eigenvalue weighted by atomic mass is 32.2. The molecule has 1 heterocycles. The number of benzene rings is 4. The number of nitrogens with zero attached hydrogens (tertiary/aromatic N) is 2. The average molecular weight is 696 g/mol. The number of hydrogen-bond acceptors (Lipinski definition) is 9. The Morgan fingerprint density at radius 3 is 2.31 bits per heavy atom. The highest BCUT2D eigenvalue weighted by Gasteiger charge is 2.24. The minimum Gasteiger partial charge on any atom is -0.494 e. The summed E-state index contributed by atoms with van der Waals surface area (Å²) in [6.07, 6.45) is 1.61. The minimum atomic E-state index is -0.608. The summed E-state index contributed by atoms with van der Waals surface area (Å²) in [5, 5.41) is 9.04. The first kappa shape index (κ1) is 34.4. The maximum absolute atomic E-state index is 13.7. The molecule has 9 nitrogen and oxygen atoms in total. The molecule has 0 aliphatic heterocycles. The van der Waals surface area contributed by atoms with Crippen LogP contribution in [0.1, 0.15) is 40.6 Å². The Morgan fingerprint density at radius 1 is 0.875 bits per heavy atom. The largest absolute Gasteiger partial charge is 0.494 e. The van der Waals surface area contributed by atoms with Gasteiger partial charge in [0.1, 0.15) is 16.7 Å². The van der Waals surface area contributed by atoms with E-state index in [9.17, 15) is 14.4 Å². The lowest BCUT2D eigenvalue weighted by Gasteiger charge is -2.17. The van der Waals surface area contributed by atoms with E-state index in [0.29, 0.717) is 39.5 Å². The van der Waals surface area contributed by atoms with Crippen molar-refractivity contribution in [3.05, 3.63) is 132 Å². The summed E-state index contributed by atoms with van der Waals surface area (Å²) in [4.78, 5) is 45.5. The fraction of sp³-hybridized carbons (Fsp3) is 0.139. The standard InChI is InChI=1S/C36H33N5O4S3/c1-3-45-28-20-18-24(19-21-28)22-30(38-32(42)26-14-9-6-10-15-26)33(43)37-27-16-11-17-29(23-27)47-31(25-12-7-5-8-13-25)34(44)39-35-40-36(41-48-35)46-4-2/h5-23,31H,3-4H2,1-2H3,(H,37,43)(H,38,42)(H,39,40,41,44)/b30-22+. The summed E-state index contributed by atoms with van der Waals surface area (Å²) >= 11 is 3.99. The summed E-state index contributed by atoms with van der Waals surface area (Å²) in [5.74, 6) is 0.366. The first-order valence-corrected chi connectivity index (χ1v) is 17.8. The third-order valence-electron chi connectivity index (χ3n) is 6.63. The normalized spacial score (nSPS) is 11.8. The van der Waals surface area contributed by atoms with Crippen LogP contribution in [-0.4, -0.2) is 39.4 Å². The van der Waals surface area contributed by atoms with Crippen LogP contribution in [0.4, 0.5) is 10.8 Å². The summed E-state index contributed by atoms with van der Waals surface area (Å²) in [6, 6.07) is 32.6. The second-order valence-corrected chi connectivity index (χ2v) is 13.2. The maximum Gasteiger partial charge on any atom is 0.272 e. The molecule has 48 heavy (non-hydrogen) atoms. The zero-order valence-corrected chi connectivity index (χ0v) is 28.7. The number of carbonyl (C=O) groups excluding carboxylic acids is 3. The van der Waals surface area contributed by atoms with Gasteiger partial charge in [-0.2, -0.15) is 9.36 Å². The molecule has 0 spiro atoms. The Labute approximate surface area is 291 Å². The van der Waals surface area contributed by atoms with E-state index >= 15 is 0 Å². The average Bonchev–Trinajstić information content (AvgIpc) is 3.55. The van der Waals surface area contributed by atoms with Gasteiger partial charge < -0.3 is 15.4 Å². The van der Waals surface area contributed by atoms with Gasteiger partial charge in [-0.05, 0) is 72.3 Å². The monoisotopic (exact) mass is 695 g/mol. The van der Waals surface area contributed by atoms with Gasteiger partial charge >= 0.3 is 0 Å². The van der Waals surface area contributed by atoms with Gasteiger partial charge in [-0.3, -0.25) is 19.7 Å². The lowest BCUT2D eigenvalue weighted by atomic mass is 10.1. The van der Waals surface area contributed by atoms with E-state index in [1.165, 1.54) is 23.5 Å². The Hall–Kier alpha value is -4.91. The highest BCUT2D eigenvalue weighted by Crippen LogP contribution is 2.37. The zero-order valence-electron chi connectivity index (χ0n) is 26.2. The molecule has 4 aromatic carbocycles. The summed E-state index contributed by atoms with van der Waals surface area (Å²) < 4.78 is 9.83. The first-order valence-electron chi connectivity index (χ1n) is 15.1. The molecule has 3 amide bonds. The molecular formula is C36H33N5O4S3. The molecular weight excluding hydrogens is 663 g/mol. The van der Waals surface area contributed by atoms with Crippen LogP contribution < -0.4 is 20.7 Å². The third kappa shape index (κ3) is 9.80. The lowest BCUT2D eigenvalue weighted by Crippen LogP contribution is -2.30. The van der Waals surface area contributed by atoms with Gasteiger partial charge in [0.05, 0.1) is 6.61 Å². The zero-order chi connectivity index (χ0) is 33.7. The van der Waals surface area contributed by atoms with Crippen LogP contribution >= 0.6 is 35.1 Å². The number of aromatic nitrogens is 2. The third-order valence-corrected chi connectivity index (χ3v) is 9.35. The summed E-state index contributed by atoms with van der Waals surface area (Å²) in [5.41, 5.74) is 2.49. The molecule has 3 N–H and O–H groups in total. The predicted octanol–water partition coefficient (Wildman–Crippen LogP) is 7.93. The van der Waals surface area contributed by atoms with Gasteiger partial charge in [0.2, 0.25) is 16.2 Å². The minimum absolute atomic E-state index is 0.0604. The quantitative estimate of drug-likeness (QED) is 0.0791. The Balaban J connectivity index is 1.36. The second-order valence-electron chi connectivity index (χ2n) is 10.1. The van der Waals surface area contributed by atoms with E-state index in [1.807, 2.05) is 68.4 Å². The van der Waals surface area contributed by atoms with Crippen molar-refractivity contribution in [3.8, 4) is 5.75 Å². The molecule has 0 aliphatic carbocycles. The molecule has 0 aliphatic rings. The molecule has 0 saturated heterocycles. The van der Waals surface area contributed by atoms with E-state index in [0.717, 1.165) is 27.7 Å². The molecule has 12 heteroatoms. The van der Waals surface area contributed by atoms with Gasteiger partial charge in [-0.25, -0.2) is 0 Å². The van der Waals surface area contributed by atoms with Crippen molar-refractivity contribution in [1.82, 2.24) is 14.7 Å². The summed E-state index contributed by atoms with van der Waals surface area (Å²) in [7, 11) is 0. The van der Waals surface area contributed by atoms with Crippen molar-refractivity contribution >= 4 is 69.7 Å². The molecule has 244 valence electrons. The van der Waals surface area contributed by atoms with Gasteiger partial charge in [0.15, 0.2) is 0 Å². The molecule has 1 atom stereocenters. The smallest absolute Gasteiger partial charge is 0.272 e. The van der Waals surface area contributed by atoms with E-state index in [2.05, 4.69) is 25.3 Å². The predicted molar refractivity (Wildman–Crippen MR) is 195 cm³/mol. The number of rotatable bonds is 14. The van der Waals surface area contributed by atoms with Gasteiger partial charge in [-0.1, -0.05) is 85.4 Å². The van der Waals surface area contributed by atoms with Crippen LogP contribution in [0.2, 0.25) is 0 Å². The second kappa shape index (κ2) is 17.3. The molecule has 1 unspecified atom stereocenters. The van der Waals surface area contributed by atoms with Crippen LogP contribution in [0.5, 0.6) is 5.75 Å². The number of amides is 3. The van der Waals surface area contributed by atoms with Crippen LogP contribution in [0.15, 0.2) is 125 Å². The van der Waals surface area contributed by atoms with Crippen molar-refractivity contribution in [3.63, 3.8) is 0 Å². The number of carbonyl (C=O) groups is 3. The van der Waals surface area contributed by atoms with Crippen LogP contribution in [-0.2, 0) is 9.59 Å². The molecule has 1 aromatic heterocycles.